The van der Waals surface area contributed by atoms with Gasteiger partial charge in [0, 0.05) is 39.8 Å². The van der Waals surface area contributed by atoms with Crippen molar-refractivity contribution in [2.75, 3.05) is 46.4 Å². The van der Waals surface area contributed by atoms with Gasteiger partial charge in [-0.05, 0) is 59.3 Å². The molecular formula is C21H39IN4O4. The van der Waals surface area contributed by atoms with Gasteiger partial charge in [-0.3, -0.25) is 9.79 Å². The first kappa shape index (κ1) is 26.8. The summed E-state index contributed by atoms with van der Waals surface area (Å²) in [7, 11) is 1.79. The monoisotopic (exact) mass is 538 g/mol. The number of hydrogen-bond donors (Lipinski definition) is 1. The standard InChI is InChI=1S/C21H38N4O4.HI/c1-6-28-18(26)17-9-12-24(13-10-17)19(22-5)23-14-16-8-7-11-25(15-16)20(27)29-21(2,3)4;/h16-17H,6-15H2,1-5H3,(H,22,23);1H. The van der Waals surface area contributed by atoms with E-state index in [-0.39, 0.29) is 42.0 Å². The van der Waals surface area contributed by atoms with E-state index in [1.54, 1.807) is 7.05 Å². The van der Waals surface area contributed by atoms with Crippen LogP contribution in [0.4, 0.5) is 4.79 Å². The van der Waals surface area contributed by atoms with Crippen LogP contribution in [0.2, 0.25) is 0 Å². The molecule has 2 saturated heterocycles. The Balaban J connectivity index is 0.00000450. The van der Waals surface area contributed by atoms with Crippen molar-refractivity contribution in [2.24, 2.45) is 16.8 Å². The second-order valence-electron chi connectivity index (χ2n) is 8.88. The highest BCUT2D eigenvalue weighted by Crippen LogP contribution is 2.21. The average Bonchev–Trinajstić information content (AvgIpc) is 2.68. The zero-order valence-corrected chi connectivity index (χ0v) is 21.4. The largest absolute Gasteiger partial charge is 0.466 e. The molecule has 2 fully saturated rings. The van der Waals surface area contributed by atoms with Gasteiger partial charge in [-0.25, -0.2) is 4.79 Å². The van der Waals surface area contributed by atoms with Crippen LogP contribution >= 0.6 is 24.0 Å². The molecule has 0 bridgehead atoms. The number of rotatable bonds is 4. The molecule has 9 heteroatoms. The Labute approximate surface area is 198 Å². The number of guanidine groups is 1. The van der Waals surface area contributed by atoms with E-state index in [0.29, 0.717) is 19.1 Å². The van der Waals surface area contributed by atoms with Gasteiger partial charge in [0.15, 0.2) is 5.96 Å². The fourth-order valence-electron chi connectivity index (χ4n) is 3.88. The maximum absolute atomic E-state index is 12.3. The summed E-state index contributed by atoms with van der Waals surface area (Å²) < 4.78 is 10.7. The number of aliphatic imine (C=N–C) groups is 1. The molecule has 1 N–H and O–H groups in total. The van der Waals surface area contributed by atoms with E-state index >= 15 is 0 Å². The smallest absolute Gasteiger partial charge is 0.410 e. The molecule has 1 amide bonds. The third-order valence-electron chi connectivity index (χ3n) is 5.35. The van der Waals surface area contributed by atoms with Crippen LogP contribution in [0.3, 0.4) is 0 Å². The van der Waals surface area contributed by atoms with Crippen LogP contribution in [0, 0.1) is 11.8 Å². The highest BCUT2D eigenvalue weighted by Gasteiger charge is 2.29. The van der Waals surface area contributed by atoms with Crippen LogP contribution in [-0.4, -0.2) is 79.8 Å². The van der Waals surface area contributed by atoms with Gasteiger partial charge >= 0.3 is 12.1 Å². The summed E-state index contributed by atoms with van der Waals surface area (Å²) in [5.41, 5.74) is -0.472. The summed E-state index contributed by atoms with van der Waals surface area (Å²) >= 11 is 0. The normalized spacial score (nSPS) is 21.0. The van der Waals surface area contributed by atoms with E-state index < -0.39 is 5.60 Å². The van der Waals surface area contributed by atoms with Crippen LogP contribution in [0.5, 0.6) is 0 Å². The Morgan fingerprint density at radius 1 is 1.10 bits per heavy atom. The number of hydrogen-bond acceptors (Lipinski definition) is 5. The van der Waals surface area contributed by atoms with Crippen LogP contribution in [0.15, 0.2) is 4.99 Å². The number of piperidine rings is 2. The first-order chi connectivity index (χ1) is 13.7. The molecule has 0 aromatic heterocycles. The fourth-order valence-corrected chi connectivity index (χ4v) is 3.88. The number of ether oxygens (including phenoxy) is 2. The summed E-state index contributed by atoms with van der Waals surface area (Å²) in [6.45, 7) is 11.7. The lowest BCUT2D eigenvalue weighted by Gasteiger charge is -2.36. The predicted octanol–water partition coefficient (Wildman–Crippen LogP) is 3.10. The number of nitrogens with one attached hydrogen (secondary N) is 1. The molecular weight excluding hydrogens is 499 g/mol. The molecule has 8 nitrogen and oxygen atoms in total. The van der Waals surface area contributed by atoms with Gasteiger partial charge in [-0.1, -0.05) is 0 Å². The SMILES string of the molecule is CCOC(=O)C1CCN(C(=NC)NCC2CCCN(C(=O)OC(C)(C)C)C2)CC1.I. The first-order valence-corrected chi connectivity index (χ1v) is 10.8. The lowest BCUT2D eigenvalue weighted by atomic mass is 9.97. The van der Waals surface area contributed by atoms with Crippen molar-refractivity contribution in [1.29, 1.82) is 0 Å². The lowest BCUT2D eigenvalue weighted by Crippen LogP contribution is -2.50. The number of carbonyl (C=O) groups is 2. The van der Waals surface area contributed by atoms with Crippen molar-refractivity contribution < 1.29 is 19.1 Å². The first-order valence-electron chi connectivity index (χ1n) is 10.8. The average molecular weight is 538 g/mol. The van der Waals surface area contributed by atoms with Crippen LogP contribution < -0.4 is 5.32 Å². The number of carbonyl (C=O) groups excluding carboxylic acids is 2. The summed E-state index contributed by atoms with van der Waals surface area (Å²) in [6.07, 6.45) is 3.40. The maximum atomic E-state index is 12.3. The van der Waals surface area contributed by atoms with Gasteiger partial charge in [-0.15, -0.1) is 24.0 Å². The van der Waals surface area contributed by atoms with Gasteiger partial charge in [0.1, 0.15) is 5.60 Å². The third kappa shape index (κ3) is 8.47. The number of amides is 1. The number of esters is 1. The molecule has 0 aromatic rings. The topological polar surface area (TPSA) is 83.5 Å². The highest BCUT2D eigenvalue weighted by molar-refractivity contribution is 14.0. The van der Waals surface area contributed by atoms with E-state index in [2.05, 4.69) is 15.2 Å². The van der Waals surface area contributed by atoms with E-state index in [4.69, 9.17) is 9.47 Å². The van der Waals surface area contributed by atoms with Crippen molar-refractivity contribution in [1.82, 2.24) is 15.1 Å². The van der Waals surface area contributed by atoms with Gasteiger partial charge in [0.2, 0.25) is 0 Å². The molecule has 30 heavy (non-hydrogen) atoms. The molecule has 0 radical (unpaired) electrons. The molecule has 2 rings (SSSR count). The quantitative estimate of drug-likeness (QED) is 0.257. The van der Waals surface area contributed by atoms with Gasteiger partial charge in [-0.2, -0.15) is 0 Å². The fraction of sp³-hybridized carbons (Fsp3) is 0.857. The molecule has 2 aliphatic rings. The summed E-state index contributed by atoms with van der Waals surface area (Å²) in [6, 6.07) is 0. The zero-order chi connectivity index (χ0) is 21.4. The molecule has 0 aromatic carbocycles. The summed E-state index contributed by atoms with van der Waals surface area (Å²) in [4.78, 5) is 32.7. The Hall–Kier alpha value is -1.26. The second-order valence-corrected chi connectivity index (χ2v) is 8.88. The zero-order valence-electron chi connectivity index (χ0n) is 19.1. The molecule has 174 valence electrons. The minimum atomic E-state index is -0.472. The molecule has 1 unspecified atom stereocenters. The maximum Gasteiger partial charge on any atom is 0.410 e. The van der Waals surface area contributed by atoms with Gasteiger partial charge in [0.25, 0.3) is 0 Å². The number of likely N-dealkylation sites (tertiary alicyclic amines) is 2. The van der Waals surface area contributed by atoms with Gasteiger partial charge in [0.05, 0.1) is 12.5 Å². The van der Waals surface area contributed by atoms with Crippen LogP contribution in [0.25, 0.3) is 0 Å². The molecule has 0 spiro atoms. The minimum Gasteiger partial charge on any atom is -0.466 e. The third-order valence-corrected chi connectivity index (χ3v) is 5.35. The van der Waals surface area contributed by atoms with E-state index in [1.807, 2.05) is 32.6 Å². The molecule has 2 aliphatic heterocycles. The Morgan fingerprint density at radius 3 is 2.33 bits per heavy atom. The molecule has 0 saturated carbocycles. The second kappa shape index (κ2) is 12.6. The van der Waals surface area contributed by atoms with Crippen molar-refractivity contribution in [3.63, 3.8) is 0 Å². The van der Waals surface area contributed by atoms with Gasteiger partial charge < -0.3 is 24.6 Å². The molecule has 2 heterocycles. The Morgan fingerprint density at radius 2 is 1.77 bits per heavy atom. The van der Waals surface area contributed by atoms with Crippen molar-refractivity contribution in [3.05, 3.63) is 0 Å². The summed E-state index contributed by atoms with van der Waals surface area (Å²) in [5, 5.41) is 3.47. The Kier molecular flexibility index (Phi) is 11.2. The van der Waals surface area contributed by atoms with Crippen molar-refractivity contribution >= 4 is 42.0 Å². The molecule has 1 atom stereocenters. The highest BCUT2D eigenvalue weighted by atomic mass is 127. The van der Waals surface area contributed by atoms with E-state index in [9.17, 15) is 9.59 Å². The Bertz CT molecular complexity index is 586. The van der Waals surface area contributed by atoms with E-state index in [0.717, 1.165) is 57.8 Å². The van der Waals surface area contributed by atoms with Crippen molar-refractivity contribution in [2.45, 2.75) is 59.0 Å². The van der Waals surface area contributed by atoms with Crippen LogP contribution in [-0.2, 0) is 14.3 Å². The number of nitrogens with zero attached hydrogens (tertiary/aromatic N) is 3. The molecule has 0 aliphatic carbocycles. The van der Waals surface area contributed by atoms with Crippen molar-refractivity contribution in [3.8, 4) is 0 Å². The minimum absolute atomic E-state index is 0. The predicted molar refractivity (Wildman–Crippen MR) is 128 cm³/mol. The number of halogens is 1. The summed E-state index contributed by atoms with van der Waals surface area (Å²) in [5.74, 6) is 1.14. The van der Waals surface area contributed by atoms with E-state index in [1.165, 1.54) is 0 Å². The van der Waals surface area contributed by atoms with Crippen LogP contribution in [0.1, 0.15) is 53.4 Å². The lowest BCUT2D eigenvalue weighted by molar-refractivity contribution is -0.149.